The van der Waals surface area contributed by atoms with Crippen molar-refractivity contribution in [1.29, 1.82) is 0 Å². The molecule has 0 saturated heterocycles. The Morgan fingerprint density at radius 2 is 1.76 bits per heavy atom. The Kier molecular flexibility index (Phi) is 5.77. The number of hydrogen-bond donors (Lipinski definition) is 1. The molecule has 0 heterocycles. The van der Waals surface area contributed by atoms with E-state index in [1.807, 2.05) is 0 Å². The smallest absolute Gasteiger partial charge is 0.139 e. The van der Waals surface area contributed by atoms with E-state index in [1.54, 1.807) is 0 Å². The number of ketones is 1. The van der Waals surface area contributed by atoms with Crippen LogP contribution in [0.3, 0.4) is 0 Å². The summed E-state index contributed by atoms with van der Waals surface area (Å²) < 4.78 is 0. The van der Waals surface area contributed by atoms with Gasteiger partial charge in [0, 0.05) is 18.3 Å². The molecular weight excluding hydrogens is 360 g/mol. The molecule has 0 radical (unpaired) electrons. The summed E-state index contributed by atoms with van der Waals surface area (Å²) in [5.41, 5.74) is 0.482. The topological polar surface area (TPSA) is 54.4 Å². The van der Waals surface area contributed by atoms with Crippen molar-refractivity contribution < 1.29 is 14.7 Å². The van der Waals surface area contributed by atoms with Crippen LogP contribution in [0.25, 0.3) is 0 Å². The van der Waals surface area contributed by atoms with E-state index in [1.165, 1.54) is 25.7 Å². The number of aliphatic hydroxyl groups is 1. The van der Waals surface area contributed by atoms with Gasteiger partial charge in [-0.1, -0.05) is 27.7 Å². The molecule has 4 aliphatic carbocycles. The molecule has 0 amide bonds. The van der Waals surface area contributed by atoms with Crippen molar-refractivity contribution in [3.05, 3.63) is 0 Å². The Hall–Kier alpha value is -0.700. The summed E-state index contributed by atoms with van der Waals surface area (Å²) in [5.74, 6) is 3.56. The molecule has 10 atom stereocenters. The Labute approximate surface area is 177 Å². The van der Waals surface area contributed by atoms with E-state index >= 15 is 0 Å². The van der Waals surface area contributed by atoms with Gasteiger partial charge in [-0.15, -0.1) is 0 Å². The maximum atomic E-state index is 13.9. The van der Waals surface area contributed by atoms with E-state index in [-0.39, 0.29) is 28.8 Å². The number of Topliss-reactive ketones (excluding diaryl/α,β-unsaturated/α-hetero) is 1. The van der Waals surface area contributed by atoms with Gasteiger partial charge in [0.25, 0.3) is 0 Å². The third-order valence-electron chi connectivity index (χ3n) is 10.6. The lowest BCUT2D eigenvalue weighted by Crippen LogP contribution is -2.60. The van der Waals surface area contributed by atoms with E-state index in [0.717, 1.165) is 38.4 Å². The van der Waals surface area contributed by atoms with Crippen molar-refractivity contribution in [3.63, 3.8) is 0 Å². The average Bonchev–Trinajstić information content (AvgIpc) is 3.05. The van der Waals surface area contributed by atoms with Gasteiger partial charge in [-0.25, -0.2) is 0 Å². The molecule has 0 aromatic heterocycles. The van der Waals surface area contributed by atoms with Crippen LogP contribution in [0.4, 0.5) is 0 Å². The highest BCUT2D eigenvalue weighted by Gasteiger charge is 2.64. The van der Waals surface area contributed by atoms with Crippen LogP contribution in [0.5, 0.6) is 0 Å². The van der Waals surface area contributed by atoms with Crippen LogP contribution in [-0.2, 0) is 9.59 Å². The van der Waals surface area contributed by atoms with Gasteiger partial charge in [-0.05, 0) is 98.2 Å². The lowest BCUT2D eigenvalue weighted by molar-refractivity contribution is -0.173. The molecule has 164 valence electrons. The molecule has 3 heteroatoms. The second-order valence-corrected chi connectivity index (χ2v) is 11.6. The molecule has 0 aromatic carbocycles. The zero-order chi connectivity index (χ0) is 21.0. The molecule has 4 saturated carbocycles. The third kappa shape index (κ3) is 3.17. The first kappa shape index (κ1) is 21.5. The van der Waals surface area contributed by atoms with Crippen LogP contribution >= 0.6 is 0 Å². The van der Waals surface area contributed by atoms with Crippen LogP contribution in [-0.4, -0.2) is 23.3 Å². The lowest BCUT2D eigenvalue weighted by Gasteiger charge is -2.62. The summed E-state index contributed by atoms with van der Waals surface area (Å²) in [7, 11) is 0. The van der Waals surface area contributed by atoms with E-state index in [4.69, 9.17) is 0 Å². The van der Waals surface area contributed by atoms with Crippen molar-refractivity contribution in [2.24, 2.45) is 52.3 Å². The predicted octanol–water partition coefficient (Wildman–Crippen LogP) is 5.44. The minimum Gasteiger partial charge on any atom is -0.393 e. The number of aliphatic hydroxyl groups excluding tert-OH is 1. The molecule has 0 aromatic rings. The van der Waals surface area contributed by atoms with Crippen molar-refractivity contribution in [2.45, 2.75) is 98.0 Å². The molecule has 5 unspecified atom stereocenters. The molecule has 0 spiro atoms. The molecule has 0 bridgehead atoms. The first-order valence-corrected chi connectivity index (χ1v) is 12.4. The first-order valence-electron chi connectivity index (χ1n) is 12.4. The molecule has 4 aliphatic rings. The van der Waals surface area contributed by atoms with Crippen LogP contribution in [0.2, 0.25) is 0 Å². The summed E-state index contributed by atoms with van der Waals surface area (Å²) in [6.45, 7) is 9.48. The number of fused-ring (bicyclic) bond motifs is 5. The highest BCUT2D eigenvalue weighted by molar-refractivity contribution is 5.86. The minimum atomic E-state index is -0.213. The summed E-state index contributed by atoms with van der Waals surface area (Å²) in [6.07, 6.45) is 11.1. The van der Waals surface area contributed by atoms with Crippen molar-refractivity contribution >= 4 is 12.1 Å². The van der Waals surface area contributed by atoms with E-state index < -0.39 is 0 Å². The molecule has 3 nitrogen and oxygen atoms in total. The Bertz CT molecular complexity index is 644. The number of hydrogen-bond acceptors (Lipinski definition) is 3. The van der Waals surface area contributed by atoms with E-state index in [0.29, 0.717) is 41.8 Å². The Morgan fingerprint density at radius 3 is 2.45 bits per heavy atom. The summed E-state index contributed by atoms with van der Waals surface area (Å²) in [6, 6.07) is 0. The highest BCUT2D eigenvalue weighted by atomic mass is 16.3. The van der Waals surface area contributed by atoms with Crippen LogP contribution in [0.1, 0.15) is 91.9 Å². The largest absolute Gasteiger partial charge is 0.393 e. The molecule has 29 heavy (non-hydrogen) atoms. The van der Waals surface area contributed by atoms with Crippen LogP contribution < -0.4 is 0 Å². The van der Waals surface area contributed by atoms with Gasteiger partial charge in [-0.2, -0.15) is 0 Å². The van der Waals surface area contributed by atoms with Gasteiger partial charge in [0.2, 0.25) is 0 Å². The maximum Gasteiger partial charge on any atom is 0.139 e. The van der Waals surface area contributed by atoms with Gasteiger partial charge < -0.3 is 9.90 Å². The number of rotatable bonds is 5. The maximum absolute atomic E-state index is 13.9. The zero-order valence-corrected chi connectivity index (χ0v) is 19.0. The Balaban J connectivity index is 1.65. The molecular formula is C26H42O3. The SMILES string of the molecule is CC[C@H]1C(=O)C2C3CCC([C@H](C)CCC=O)[C@@]3(C)CCC2[C@@]2(C)CC[C@@H](O)CC12. The van der Waals surface area contributed by atoms with E-state index in [9.17, 15) is 14.7 Å². The van der Waals surface area contributed by atoms with Crippen molar-refractivity contribution in [2.75, 3.05) is 0 Å². The Morgan fingerprint density at radius 1 is 1.07 bits per heavy atom. The van der Waals surface area contributed by atoms with Crippen LogP contribution in [0, 0.1) is 52.3 Å². The summed E-state index contributed by atoms with van der Waals surface area (Å²) in [4.78, 5) is 24.8. The van der Waals surface area contributed by atoms with Gasteiger partial charge in [0.05, 0.1) is 6.10 Å². The summed E-state index contributed by atoms with van der Waals surface area (Å²) in [5, 5.41) is 10.4. The fourth-order valence-electron chi connectivity index (χ4n) is 9.14. The molecule has 1 N–H and O–H groups in total. The average molecular weight is 403 g/mol. The number of aldehydes is 1. The first-order chi connectivity index (χ1) is 13.8. The van der Waals surface area contributed by atoms with Gasteiger partial charge in [-0.3, -0.25) is 4.79 Å². The van der Waals surface area contributed by atoms with Crippen molar-refractivity contribution in [1.82, 2.24) is 0 Å². The monoisotopic (exact) mass is 402 g/mol. The number of carbonyl (C=O) groups excluding carboxylic acids is 2. The second-order valence-electron chi connectivity index (χ2n) is 11.6. The second kappa shape index (κ2) is 7.77. The predicted molar refractivity (Wildman–Crippen MR) is 115 cm³/mol. The standard InChI is InChI=1S/C26H42O3/c1-5-18-22-15-17(28)10-12-26(22,4)21-11-13-25(3)19(16(2)7-6-14-27)8-9-20(25)23(21)24(18)29/h14,16-23,28H,5-13,15H2,1-4H3/t16-,17-,18-,19?,20?,21?,22?,23?,25-,26-/m1/s1. The molecule has 4 rings (SSSR count). The van der Waals surface area contributed by atoms with Gasteiger partial charge in [0.15, 0.2) is 0 Å². The zero-order valence-electron chi connectivity index (χ0n) is 19.0. The lowest BCUT2D eigenvalue weighted by atomic mass is 9.42. The van der Waals surface area contributed by atoms with Crippen LogP contribution in [0.15, 0.2) is 0 Å². The van der Waals surface area contributed by atoms with Crippen molar-refractivity contribution in [3.8, 4) is 0 Å². The fraction of sp³-hybridized carbons (Fsp3) is 0.923. The molecule has 4 fully saturated rings. The van der Waals surface area contributed by atoms with Gasteiger partial charge in [0.1, 0.15) is 12.1 Å². The highest BCUT2D eigenvalue weighted by Crippen LogP contribution is 2.68. The third-order valence-corrected chi connectivity index (χ3v) is 10.6. The van der Waals surface area contributed by atoms with Gasteiger partial charge >= 0.3 is 0 Å². The number of carbonyl (C=O) groups is 2. The van der Waals surface area contributed by atoms with E-state index in [2.05, 4.69) is 27.7 Å². The quantitative estimate of drug-likeness (QED) is 0.623. The summed E-state index contributed by atoms with van der Waals surface area (Å²) >= 11 is 0. The minimum absolute atomic E-state index is 0.144. The molecule has 0 aliphatic heterocycles. The normalized spacial score (nSPS) is 50.4. The fourth-order valence-corrected chi connectivity index (χ4v) is 9.14.